The van der Waals surface area contributed by atoms with Gasteiger partial charge in [-0.1, -0.05) is 47.7 Å². The predicted octanol–water partition coefficient (Wildman–Crippen LogP) is 4.86. The zero-order chi connectivity index (χ0) is 21.8. The van der Waals surface area contributed by atoms with Gasteiger partial charge in [0, 0.05) is 13.0 Å². The molecular formula is C24H23N3O3S. The average molecular weight is 434 g/mol. The van der Waals surface area contributed by atoms with Crippen LogP contribution in [0, 0.1) is 13.8 Å². The highest BCUT2D eigenvalue weighted by Gasteiger charge is 2.21. The van der Waals surface area contributed by atoms with E-state index in [9.17, 15) is 9.59 Å². The maximum atomic E-state index is 13.2. The van der Waals surface area contributed by atoms with Gasteiger partial charge in [0.15, 0.2) is 10.9 Å². The Labute approximate surface area is 184 Å². The monoisotopic (exact) mass is 433 g/mol. The molecule has 0 aliphatic rings. The molecule has 7 heteroatoms. The van der Waals surface area contributed by atoms with Crippen molar-refractivity contribution in [3.8, 4) is 0 Å². The van der Waals surface area contributed by atoms with E-state index in [-0.39, 0.29) is 30.5 Å². The summed E-state index contributed by atoms with van der Waals surface area (Å²) in [7, 11) is 0. The maximum absolute atomic E-state index is 13.2. The van der Waals surface area contributed by atoms with E-state index in [0.29, 0.717) is 11.7 Å². The van der Waals surface area contributed by atoms with Crippen LogP contribution in [0.25, 0.3) is 10.2 Å². The number of carbonyl (C=O) groups excluding carboxylic acids is 2. The minimum atomic E-state index is -0.335. The van der Waals surface area contributed by atoms with Crippen molar-refractivity contribution in [1.29, 1.82) is 0 Å². The summed E-state index contributed by atoms with van der Waals surface area (Å²) < 4.78 is 6.17. The van der Waals surface area contributed by atoms with Gasteiger partial charge >= 0.3 is 0 Å². The Morgan fingerprint density at radius 2 is 1.90 bits per heavy atom. The van der Waals surface area contributed by atoms with Gasteiger partial charge in [0.05, 0.1) is 23.0 Å². The summed E-state index contributed by atoms with van der Waals surface area (Å²) in [4.78, 5) is 31.7. The molecule has 2 heterocycles. The lowest BCUT2D eigenvalue weighted by Gasteiger charge is -2.20. The molecule has 2 aromatic heterocycles. The van der Waals surface area contributed by atoms with Crippen LogP contribution in [0.2, 0.25) is 0 Å². The molecule has 2 aromatic carbocycles. The molecule has 0 bridgehead atoms. The molecule has 0 saturated carbocycles. The molecule has 6 nitrogen and oxygen atoms in total. The first-order chi connectivity index (χ1) is 15.0. The molecule has 0 unspecified atom stereocenters. The van der Waals surface area contributed by atoms with E-state index in [1.54, 1.807) is 17.0 Å². The minimum absolute atomic E-state index is 0.1000. The molecule has 0 fully saturated rings. The van der Waals surface area contributed by atoms with Crippen molar-refractivity contribution < 1.29 is 14.0 Å². The number of thiazole rings is 1. The van der Waals surface area contributed by atoms with E-state index in [1.165, 1.54) is 17.6 Å². The van der Waals surface area contributed by atoms with Crippen LogP contribution in [0.3, 0.4) is 0 Å². The van der Waals surface area contributed by atoms with Gasteiger partial charge in [0.25, 0.3) is 5.91 Å². The molecule has 1 N–H and O–H groups in total. The van der Waals surface area contributed by atoms with Gasteiger partial charge in [-0.15, -0.1) is 0 Å². The Morgan fingerprint density at radius 1 is 1.10 bits per heavy atom. The van der Waals surface area contributed by atoms with E-state index >= 15 is 0 Å². The fourth-order valence-electron chi connectivity index (χ4n) is 3.42. The number of aryl methyl sites for hydroxylation is 2. The molecule has 0 aliphatic carbocycles. The molecule has 0 atom stereocenters. The number of anilines is 1. The van der Waals surface area contributed by atoms with Gasteiger partial charge in [0.1, 0.15) is 0 Å². The van der Waals surface area contributed by atoms with Crippen LogP contribution in [0.4, 0.5) is 5.13 Å². The van der Waals surface area contributed by atoms with Gasteiger partial charge in [-0.2, -0.15) is 0 Å². The minimum Gasteiger partial charge on any atom is -0.459 e. The number of furan rings is 1. The molecule has 158 valence electrons. The number of fused-ring (bicyclic) bond motifs is 1. The number of nitrogens with zero attached hydrogens (tertiary/aromatic N) is 2. The number of benzene rings is 2. The summed E-state index contributed by atoms with van der Waals surface area (Å²) in [6.45, 7) is 4.74. The molecular weight excluding hydrogens is 410 g/mol. The molecule has 0 radical (unpaired) electrons. The summed E-state index contributed by atoms with van der Waals surface area (Å²) in [6, 6.07) is 17.2. The highest BCUT2D eigenvalue weighted by molar-refractivity contribution is 7.22. The van der Waals surface area contributed by atoms with Crippen LogP contribution in [-0.2, 0) is 11.3 Å². The second-order valence-corrected chi connectivity index (χ2v) is 8.35. The van der Waals surface area contributed by atoms with Gasteiger partial charge in [-0.25, -0.2) is 4.98 Å². The zero-order valence-electron chi connectivity index (χ0n) is 17.4. The molecule has 2 amide bonds. The molecule has 31 heavy (non-hydrogen) atoms. The van der Waals surface area contributed by atoms with Crippen molar-refractivity contribution in [2.45, 2.75) is 26.8 Å². The third-order valence-electron chi connectivity index (χ3n) is 4.89. The highest BCUT2D eigenvalue weighted by atomic mass is 32.1. The number of carbonyl (C=O) groups is 2. The number of hydrogen-bond donors (Lipinski definition) is 1. The number of rotatable bonds is 7. The summed E-state index contributed by atoms with van der Waals surface area (Å²) in [5.74, 6) is -0.207. The van der Waals surface area contributed by atoms with Crippen LogP contribution < -0.4 is 10.2 Å². The fourth-order valence-corrected chi connectivity index (χ4v) is 4.45. The smallest absolute Gasteiger partial charge is 0.286 e. The largest absolute Gasteiger partial charge is 0.459 e. The number of hydrogen-bond acceptors (Lipinski definition) is 5. The Bertz CT molecular complexity index is 1200. The average Bonchev–Trinajstić information content (AvgIpc) is 3.43. The SMILES string of the molecule is Cc1cc(C)c2sc(N(Cc3ccccc3)C(=O)CCNC(=O)c3ccco3)nc2c1. The third-order valence-corrected chi connectivity index (χ3v) is 6.12. The standard InChI is InChI=1S/C24H23N3O3S/c1-16-13-17(2)22-19(14-16)26-24(31-22)27(15-18-7-4-3-5-8-18)21(28)10-11-25-23(29)20-9-6-12-30-20/h3-9,12-14H,10-11,15H2,1-2H3,(H,25,29). The van der Waals surface area contributed by atoms with Crippen LogP contribution in [0.15, 0.2) is 65.3 Å². The first kappa shape index (κ1) is 20.8. The van der Waals surface area contributed by atoms with E-state index in [2.05, 4.69) is 18.3 Å². The van der Waals surface area contributed by atoms with Gasteiger partial charge in [0.2, 0.25) is 5.91 Å². The van der Waals surface area contributed by atoms with Gasteiger partial charge < -0.3 is 9.73 Å². The van der Waals surface area contributed by atoms with E-state index in [1.807, 2.05) is 43.3 Å². The van der Waals surface area contributed by atoms with Crippen LogP contribution in [0.5, 0.6) is 0 Å². The van der Waals surface area contributed by atoms with Crippen LogP contribution in [0.1, 0.15) is 33.7 Å². The van der Waals surface area contributed by atoms with E-state index < -0.39 is 0 Å². The summed E-state index contributed by atoms with van der Waals surface area (Å²) in [5, 5.41) is 3.39. The number of aromatic nitrogens is 1. The zero-order valence-corrected chi connectivity index (χ0v) is 18.2. The second-order valence-electron chi connectivity index (χ2n) is 7.38. The first-order valence-corrected chi connectivity index (χ1v) is 10.9. The lowest BCUT2D eigenvalue weighted by atomic mass is 10.1. The molecule has 4 aromatic rings. The van der Waals surface area contributed by atoms with Crippen molar-refractivity contribution >= 4 is 38.5 Å². The lowest BCUT2D eigenvalue weighted by Crippen LogP contribution is -2.34. The first-order valence-electron chi connectivity index (χ1n) is 10.0. The van der Waals surface area contributed by atoms with Crippen molar-refractivity contribution in [1.82, 2.24) is 10.3 Å². The maximum Gasteiger partial charge on any atom is 0.286 e. The summed E-state index contributed by atoms with van der Waals surface area (Å²) >= 11 is 1.52. The Morgan fingerprint density at radius 3 is 2.65 bits per heavy atom. The Hall–Kier alpha value is -3.45. The fraction of sp³-hybridized carbons (Fsp3) is 0.208. The van der Waals surface area contributed by atoms with Gasteiger partial charge in [-0.3, -0.25) is 14.5 Å². The molecule has 4 rings (SSSR count). The van der Waals surface area contributed by atoms with Crippen molar-refractivity contribution in [3.63, 3.8) is 0 Å². The summed E-state index contributed by atoms with van der Waals surface area (Å²) in [6.07, 6.45) is 1.60. The Balaban J connectivity index is 1.54. The quantitative estimate of drug-likeness (QED) is 0.452. The van der Waals surface area contributed by atoms with E-state index in [4.69, 9.17) is 9.40 Å². The lowest BCUT2D eigenvalue weighted by molar-refractivity contribution is -0.118. The van der Waals surface area contributed by atoms with Crippen LogP contribution >= 0.6 is 11.3 Å². The van der Waals surface area contributed by atoms with Crippen molar-refractivity contribution in [2.24, 2.45) is 0 Å². The summed E-state index contributed by atoms with van der Waals surface area (Å²) in [5.41, 5.74) is 4.21. The number of amides is 2. The number of nitrogens with one attached hydrogen (secondary N) is 1. The predicted molar refractivity (Wildman–Crippen MR) is 122 cm³/mol. The van der Waals surface area contributed by atoms with Crippen LogP contribution in [-0.4, -0.2) is 23.3 Å². The third kappa shape index (κ3) is 4.83. The van der Waals surface area contributed by atoms with Crippen molar-refractivity contribution in [3.05, 3.63) is 83.3 Å². The molecule has 0 spiro atoms. The van der Waals surface area contributed by atoms with Gasteiger partial charge in [-0.05, 0) is 48.7 Å². The topological polar surface area (TPSA) is 75.4 Å². The molecule has 0 saturated heterocycles. The normalized spacial score (nSPS) is 10.9. The highest BCUT2D eigenvalue weighted by Crippen LogP contribution is 2.33. The van der Waals surface area contributed by atoms with Crippen molar-refractivity contribution in [2.75, 3.05) is 11.4 Å². The van der Waals surface area contributed by atoms with E-state index in [0.717, 1.165) is 26.9 Å². The molecule has 0 aliphatic heterocycles. The second kappa shape index (κ2) is 9.14. The Kier molecular flexibility index (Phi) is 6.13.